The maximum absolute atomic E-state index is 4.50. The highest BCUT2D eigenvalue weighted by Gasteiger charge is 2.12. The van der Waals surface area contributed by atoms with E-state index in [9.17, 15) is 0 Å². The molecule has 4 rings (SSSR count). The Morgan fingerprint density at radius 1 is 1.21 bits per heavy atom. The highest BCUT2D eigenvalue weighted by Crippen LogP contribution is 2.26. The first-order chi connectivity index (χ1) is 9.31. The molecule has 0 atom stereocenters. The van der Waals surface area contributed by atoms with Gasteiger partial charge in [0, 0.05) is 12.2 Å². The second-order valence-corrected chi connectivity index (χ2v) is 5.42. The SMILES string of the molecule is Brc1ccc2ncn(-c3ccc4c(c3)NCC4)c2n1. The van der Waals surface area contributed by atoms with E-state index in [1.807, 2.05) is 23.0 Å². The number of hydrogen-bond donors (Lipinski definition) is 1. The summed E-state index contributed by atoms with van der Waals surface area (Å²) >= 11 is 3.41. The fraction of sp³-hybridized carbons (Fsp3) is 0.143. The summed E-state index contributed by atoms with van der Waals surface area (Å²) in [6.45, 7) is 1.02. The van der Waals surface area contributed by atoms with Crippen LogP contribution in [0.5, 0.6) is 0 Å². The van der Waals surface area contributed by atoms with Gasteiger partial charge < -0.3 is 5.32 Å². The lowest BCUT2D eigenvalue weighted by atomic mass is 10.1. The van der Waals surface area contributed by atoms with Gasteiger partial charge in [0.25, 0.3) is 0 Å². The summed E-state index contributed by atoms with van der Waals surface area (Å²) in [5.74, 6) is 0. The minimum atomic E-state index is 0.820. The molecule has 1 aliphatic heterocycles. The van der Waals surface area contributed by atoms with Crippen LogP contribution in [-0.4, -0.2) is 21.1 Å². The standard InChI is InChI=1S/C14H11BrN4/c15-13-4-3-11-14(18-13)19(8-17-11)10-2-1-9-5-6-16-12(9)7-10/h1-4,7-8,16H,5-6H2. The molecule has 1 N–H and O–H groups in total. The predicted octanol–water partition coefficient (Wildman–Crippen LogP) is 3.15. The third kappa shape index (κ3) is 1.73. The number of hydrogen-bond acceptors (Lipinski definition) is 3. The van der Waals surface area contributed by atoms with Gasteiger partial charge in [0.2, 0.25) is 0 Å². The molecule has 0 radical (unpaired) electrons. The molecule has 0 saturated heterocycles. The lowest BCUT2D eigenvalue weighted by Gasteiger charge is -2.06. The quantitative estimate of drug-likeness (QED) is 0.702. The Bertz CT molecular complexity index is 778. The third-order valence-electron chi connectivity index (χ3n) is 3.44. The Balaban J connectivity index is 1.92. The number of nitrogens with zero attached hydrogens (tertiary/aromatic N) is 3. The first-order valence-corrected chi connectivity index (χ1v) is 6.97. The zero-order valence-electron chi connectivity index (χ0n) is 10.1. The van der Waals surface area contributed by atoms with Gasteiger partial charge in [0.1, 0.15) is 16.4 Å². The van der Waals surface area contributed by atoms with Crippen LogP contribution < -0.4 is 5.32 Å². The number of rotatable bonds is 1. The van der Waals surface area contributed by atoms with E-state index in [0.29, 0.717) is 0 Å². The van der Waals surface area contributed by atoms with Gasteiger partial charge in [0.15, 0.2) is 5.65 Å². The second kappa shape index (κ2) is 4.06. The van der Waals surface area contributed by atoms with Gasteiger partial charge in [-0.3, -0.25) is 4.57 Å². The molecule has 3 heterocycles. The van der Waals surface area contributed by atoms with E-state index >= 15 is 0 Å². The predicted molar refractivity (Wildman–Crippen MR) is 78.8 cm³/mol. The Kier molecular flexibility index (Phi) is 2.35. The molecule has 0 fully saturated rings. The number of anilines is 1. The van der Waals surface area contributed by atoms with Crippen molar-refractivity contribution in [3.05, 3.63) is 46.8 Å². The number of fused-ring (bicyclic) bond motifs is 2. The van der Waals surface area contributed by atoms with Crippen molar-refractivity contribution < 1.29 is 0 Å². The molecule has 0 saturated carbocycles. The molecule has 19 heavy (non-hydrogen) atoms. The van der Waals surface area contributed by atoms with Gasteiger partial charge in [-0.05, 0) is 52.2 Å². The molecule has 0 spiro atoms. The van der Waals surface area contributed by atoms with Gasteiger partial charge in [0.05, 0.1) is 5.69 Å². The fourth-order valence-corrected chi connectivity index (χ4v) is 2.79. The van der Waals surface area contributed by atoms with Crippen LogP contribution in [0.2, 0.25) is 0 Å². The number of aromatic nitrogens is 3. The lowest BCUT2D eigenvalue weighted by molar-refractivity contribution is 1.06. The van der Waals surface area contributed by atoms with Crippen LogP contribution in [0.15, 0.2) is 41.3 Å². The topological polar surface area (TPSA) is 42.7 Å². The zero-order valence-corrected chi connectivity index (χ0v) is 11.7. The van der Waals surface area contributed by atoms with E-state index in [0.717, 1.165) is 34.4 Å². The molecule has 3 aromatic rings. The minimum Gasteiger partial charge on any atom is -0.384 e. The van der Waals surface area contributed by atoms with E-state index < -0.39 is 0 Å². The lowest BCUT2D eigenvalue weighted by Crippen LogP contribution is -1.96. The van der Waals surface area contributed by atoms with E-state index in [2.05, 4.69) is 49.4 Å². The van der Waals surface area contributed by atoms with Crippen molar-refractivity contribution in [2.45, 2.75) is 6.42 Å². The Morgan fingerprint density at radius 2 is 2.16 bits per heavy atom. The highest BCUT2D eigenvalue weighted by molar-refractivity contribution is 9.10. The average molecular weight is 315 g/mol. The molecule has 5 heteroatoms. The van der Waals surface area contributed by atoms with Gasteiger partial charge in [-0.1, -0.05) is 6.07 Å². The van der Waals surface area contributed by atoms with Crippen LogP contribution >= 0.6 is 15.9 Å². The van der Waals surface area contributed by atoms with Crippen molar-refractivity contribution in [1.29, 1.82) is 0 Å². The van der Waals surface area contributed by atoms with E-state index in [1.54, 1.807) is 0 Å². The summed E-state index contributed by atoms with van der Waals surface area (Å²) in [7, 11) is 0. The van der Waals surface area contributed by atoms with Crippen LogP contribution in [0, 0.1) is 0 Å². The Hall–Kier alpha value is -1.88. The molecule has 2 aromatic heterocycles. The van der Waals surface area contributed by atoms with Crippen molar-refractivity contribution in [2.24, 2.45) is 0 Å². The smallest absolute Gasteiger partial charge is 0.165 e. The van der Waals surface area contributed by atoms with Crippen molar-refractivity contribution in [1.82, 2.24) is 14.5 Å². The van der Waals surface area contributed by atoms with E-state index in [1.165, 1.54) is 11.3 Å². The molecule has 94 valence electrons. The van der Waals surface area contributed by atoms with Crippen LogP contribution in [0.25, 0.3) is 16.9 Å². The van der Waals surface area contributed by atoms with E-state index in [4.69, 9.17) is 0 Å². The molecular formula is C14H11BrN4. The molecule has 0 bridgehead atoms. The summed E-state index contributed by atoms with van der Waals surface area (Å²) in [6, 6.07) is 10.3. The minimum absolute atomic E-state index is 0.820. The number of pyridine rings is 1. The van der Waals surface area contributed by atoms with Crippen LogP contribution in [0.4, 0.5) is 5.69 Å². The normalized spacial score (nSPS) is 13.5. The first kappa shape index (κ1) is 11.0. The third-order valence-corrected chi connectivity index (χ3v) is 3.88. The van der Waals surface area contributed by atoms with Gasteiger partial charge >= 0.3 is 0 Å². The number of nitrogens with one attached hydrogen (secondary N) is 1. The summed E-state index contributed by atoms with van der Waals surface area (Å²) in [5, 5.41) is 3.40. The van der Waals surface area contributed by atoms with Crippen molar-refractivity contribution >= 4 is 32.8 Å². The van der Waals surface area contributed by atoms with Crippen molar-refractivity contribution in [3.8, 4) is 5.69 Å². The van der Waals surface area contributed by atoms with Gasteiger partial charge in [-0.2, -0.15) is 0 Å². The summed E-state index contributed by atoms with van der Waals surface area (Å²) in [6.07, 6.45) is 2.92. The molecule has 0 aliphatic carbocycles. The molecular weight excluding hydrogens is 304 g/mol. The number of benzene rings is 1. The summed E-state index contributed by atoms with van der Waals surface area (Å²) in [4.78, 5) is 8.89. The van der Waals surface area contributed by atoms with Crippen molar-refractivity contribution in [3.63, 3.8) is 0 Å². The number of imidazole rings is 1. The Labute approximate surface area is 118 Å². The summed E-state index contributed by atoms with van der Waals surface area (Å²) < 4.78 is 2.83. The van der Waals surface area contributed by atoms with Crippen LogP contribution in [0.3, 0.4) is 0 Å². The largest absolute Gasteiger partial charge is 0.384 e. The summed E-state index contributed by atoms with van der Waals surface area (Å²) in [5.41, 5.74) is 5.45. The first-order valence-electron chi connectivity index (χ1n) is 6.18. The molecule has 1 aromatic carbocycles. The maximum Gasteiger partial charge on any atom is 0.165 e. The molecule has 4 nitrogen and oxygen atoms in total. The zero-order chi connectivity index (χ0) is 12.8. The van der Waals surface area contributed by atoms with Gasteiger partial charge in [-0.15, -0.1) is 0 Å². The molecule has 0 unspecified atom stereocenters. The van der Waals surface area contributed by atoms with Crippen LogP contribution in [-0.2, 0) is 6.42 Å². The van der Waals surface area contributed by atoms with E-state index in [-0.39, 0.29) is 0 Å². The highest BCUT2D eigenvalue weighted by atomic mass is 79.9. The molecule has 0 amide bonds. The monoisotopic (exact) mass is 314 g/mol. The van der Waals surface area contributed by atoms with Gasteiger partial charge in [-0.25, -0.2) is 9.97 Å². The fourth-order valence-electron chi connectivity index (χ4n) is 2.49. The maximum atomic E-state index is 4.50. The van der Waals surface area contributed by atoms with Crippen molar-refractivity contribution in [2.75, 3.05) is 11.9 Å². The number of halogens is 1. The average Bonchev–Trinajstić information content (AvgIpc) is 3.03. The second-order valence-electron chi connectivity index (χ2n) is 4.61. The van der Waals surface area contributed by atoms with Crippen LogP contribution in [0.1, 0.15) is 5.56 Å². The Morgan fingerprint density at radius 3 is 3.11 bits per heavy atom. The molecule has 1 aliphatic rings.